The lowest BCUT2D eigenvalue weighted by molar-refractivity contribution is 0.103. The second kappa shape index (κ2) is 8.23. The fourth-order valence-corrected chi connectivity index (χ4v) is 3.74. The number of rotatable bonds is 5. The van der Waals surface area contributed by atoms with E-state index in [0.29, 0.717) is 36.8 Å². The molecule has 1 atom stereocenters. The van der Waals surface area contributed by atoms with Crippen LogP contribution in [0.25, 0.3) is 0 Å². The lowest BCUT2D eigenvalue weighted by Crippen LogP contribution is -2.10. The Hall–Kier alpha value is -1.85. The molecule has 0 aliphatic heterocycles. The average molecular weight is 425 g/mol. The number of carbonyl (C=O) groups is 1. The first-order valence-corrected chi connectivity index (χ1v) is 9.77. The van der Waals surface area contributed by atoms with E-state index < -0.39 is 11.0 Å². The van der Waals surface area contributed by atoms with Crippen molar-refractivity contribution in [3.8, 4) is 0 Å². The quantitative estimate of drug-likeness (QED) is 0.510. The van der Waals surface area contributed by atoms with Crippen molar-refractivity contribution in [1.82, 2.24) is 0 Å². The highest BCUT2D eigenvalue weighted by atomic mass is 35.5. The Morgan fingerprint density at radius 2 is 1.58 bits per heavy atom. The summed E-state index contributed by atoms with van der Waals surface area (Å²) in [5.74, 6) is -0.221. The number of nitrogens with one attached hydrogen (secondary N) is 1. The summed E-state index contributed by atoms with van der Waals surface area (Å²) in [5.41, 5.74) is 1.25. The lowest BCUT2D eigenvalue weighted by atomic mass is 10.0. The van der Waals surface area contributed by atoms with Gasteiger partial charge in [0.2, 0.25) is 0 Å². The maximum atomic E-state index is 12.8. The number of ketones is 1. The van der Waals surface area contributed by atoms with Gasteiger partial charge in [-0.15, -0.1) is 0 Å². The van der Waals surface area contributed by atoms with Crippen LogP contribution in [0.2, 0.25) is 15.1 Å². The van der Waals surface area contributed by atoms with Gasteiger partial charge in [-0.05, 0) is 36.4 Å². The molecule has 3 aromatic carbocycles. The highest BCUT2D eigenvalue weighted by molar-refractivity contribution is 7.86. The number of hydrogen-bond donors (Lipinski definition) is 1. The second-order valence-electron chi connectivity index (χ2n) is 5.33. The van der Waals surface area contributed by atoms with Crippen molar-refractivity contribution in [2.75, 3.05) is 4.72 Å². The Kier molecular flexibility index (Phi) is 5.99. The zero-order valence-electron chi connectivity index (χ0n) is 13.2. The number of anilines is 1. The third-order valence-corrected chi connectivity index (χ3v) is 5.63. The van der Waals surface area contributed by atoms with Crippen LogP contribution in [-0.2, 0) is 11.0 Å². The van der Waals surface area contributed by atoms with Crippen molar-refractivity contribution in [1.29, 1.82) is 0 Å². The predicted molar refractivity (Wildman–Crippen MR) is 108 cm³/mol. The molecular weight excluding hydrogens is 413 g/mol. The van der Waals surface area contributed by atoms with E-state index in [1.165, 1.54) is 6.07 Å². The second-order valence-corrected chi connectivity index (χ2v) is 7.80. The third kappa shape index (κ3) is 4.27. The van der Waals surface area contributed by atoms with Crippen molar-refractivity contribution in [3.63, 3.8) is 0 Å². The maximum Gasteiger partial charge on any atom is 0.195 e. The standard InChI is InChI=1S/C19H12Cl3NO2S/c20-13-6-9-18(15(10-13)19(24)12-4-2-1-3-5-12)23-26(25)14-7-8-16(21)17(22)11-14/h1-11,23H. The van der Waals surface area contributed by atoms with Crippen molar-refractivity contribution < 1.29 is 9.00 Å². The molecule has 3 rings (SSSR count). The zero-order chi connectivity index (χ0) is 18.7. The molecule has 0 heterocycles. The van der Waals surface area contributed by atoms with Crippen LogP contribution in [0.1, 0.15) is 15.9 Å². The zero-order valence-corrected chi connectivity index (χ0v) is 16.3. The van der Waals surface area contributed by atoms with Gasteiger partial charge < -0.3 is 4.72 Å². The van der Waals surface area contributed by atoms with Crippen molar-refractivity contribution in [3.05, 3.63) is 92.9 Å². The summed E-state index contributed by atoms with van der Waals surface area (Å²) in [6.07, 6.45) is 0. The molecule has 3 aromatic rings. The molecule has 3 nitrogen and oxygen atoms in total. The van der Waals surface area contributed by atoms with Crippen molar-refractivity contribution in [2.45, 2.75) is 4.90 Å². The molecule has 0 bridgehead atoms. The van der Waals surface area contributed by atoms with Crippen LogP contribution in [0.5, 0.6) is 0 Å². The summed E-state index contributed by atoms with van der Waals surface area (Å²) < 4.78 is 15.5. The summed E-state index contributed by atoms with van der Waals surface area (Å²) in [6.45, 7) is 0. The number of carbonyl (C=O) groups excluding carboxylic acids is 1. The van der Waals surface area contributed by atoms with E-state index in [0.717, 1.165) is 0 Å². The monoisotopic (exact) mass is 423 g/mol. The lowest BCUT2D eigenvalue weighted by Gasteiger charge is -2.12. The van der Waals surface area contributed by atoms with Gasteiger partial charge in [-0.2, -0.15) is 0 Å². The van der Waals surface area contributed by atoms with Gasteiger partial charge in [-0.3, -0.25) is 4.79 Å². The number of benzene rings is 3. The molecule has 132 valence electrons. The van der Waals surface area contributed by atoms with Gasteiger partial charge in [0.25, 0.3) is 0 Å². The summed E-state index contributed by atoms with van der Waals surface area (Å²) in [5, 5.41) is 1.09. The maximum absolute atomic E-state index is 12.8. The minimum Gasteiger partial charge on any atom is -0.300 e. The first kappa shape index (κ1) is 18.9. The van der Waals surface area contributed by atoms with Crippen LogP contribution in [0.15, 0.2) is 71.6 Å². The molecule has 0 aliphatic rings. The van der Waals surface area contributed by atoms with Gasteiger partial charge in [-0.1, -0.05) is 65.1 Å². The Balaban J connectivity index is 1.94. The Bertz CT molecular complexity index is 993. The summed E-state index contributed by atoms with van der Waals surface area (Å²) in [7, 11) is -1.63. The Morgan fingerprint density at radius 1 is 0.846 bits per heavy atom. The van der Waals surface area contributed by atoms with Crippen LogP contribution in [0, 0.1) is 0 Å². The fraction of sp³-hybridized carbons (Fsp3) is 0. The fourth-order valence-electron chi connectivity index (χ4n) is 2.29. The van der Waals surface area contributed by atoms with E-state index >= 15 is 0 Å². The highest BCUT2D eigenvalue weighted by Gasteiger charge is 2.16. The van der Waals surface area contributed by atoms with E-state index in [1.54, 1.807) is 54.6 Å². The molecule has 0 spiro atoms. The minimum absolute atomic E-state index is 0.221. The third-order valence-electron chi connectivity index (χ3n) is 3.57. The average Bonchev–Trinajstić information content (AvgIpc) is 2.65. The molecule has 7 heteroatoms. The van der Waals surface area contributed by atoms with Crippen LogP contribution >= 0.6 is 34.8 Å². The molecule has 0 fully saturated rings. The van der Waals surface area contributed by atoms with Crippen LogP contribution in [0.4, 0.5) is 5.69 Å². The Morgan fingerprint density at radius 3 is 2.27 bits per heavy atom. The number of halogens is 3. The number of hydrogen-bond acceptors (Lipinski definition) is 2. The molecule has 0 saturated carbocycles. The molecule has 0 amide bonds. The molecule has 0 aromatic heterocycles. The summed E-state index contributed by atoms with van der Waals surface area (Å²) in [6, 6.07) is 18.3. The molecular formula is C19H12Cl3NO2S. The van der Waals surface area contributed by atoms with Gasteiger partial charge in [0, 0.05) is 16.1 Å². The van der Waals surface area contributed by atoms with Crippen molar-refractivity contribution >= 4 is 57.3 Å². The smallest absolute Gasteiger partial charge is 0.195 e. The van der Waals surface area contributed by atoms with Crippen LogP contribution < -0.4 is 4.72 Å². The highest BCUT2D eigenvalue weighted by Crippen LogP contribution is 2.27. The van der Waals surface area contributed by atoms with E-state index in [-0.39, 0.29) is 5.78 Å². The molecule has 1 N–H and O–H groups in total. The minimum atomic E-state index is -1.63. The molecule has 0 saturated heterocycles. The molecule has 0 radical (unpaired) electrons. The normalized spacial score (nSPS) is 11.8. The van der Waals surface area contributed by atoms with E-state index in [1.807, 2.05) is 6.07 Å². The van der Waals surface area contributed by atoms with Gasteiger partial charge in [-0.25, -0.2) is 4.21 Å². The first-order valence-electron chi connectivity index (χ1n) is 7.48. The first-order chi connectivity index (χ1) is 12.5. The molecule has 0 aliphatic carbocycles. The van der Waals surface area contributed by atoms with Crippen LogP contribution in [-0.4, -0.2) is 9.99 Å². The Labute approximate surface area is 168 Å². The van der Waals surface area contributed by atoms with Gasteiger partial charge in [0.05, 0.1) is 20.6 Å². The SMILES string of the molecule is O=C(c1ccccc1)c1cc(Cl)ccc1NS(=O)c1ccc(Cl)c(Cl)c1. The summed E-state index contributed by atoms with van der Waals surface area (Å²) >= 11 is 17.9. The summed E-state index contributed by atoms with van der Waals surface area (Å²) in [4.78, 5) is 13.2. The van der Waals surface area contributed by atoms with Crippen molar-refractivity contribution in [2.24, 2.45) is 0 Å². The van der Waals surface area contributed by atoms with E-state index in [2.05, 4.69) is 4.72 Å². The molecule has 26 heavy (non-hydrogen) atoms. The van der Waals surface area contributed by atoms with Gasteiger partial charge in [0.15, 0.2) is 5.78 Å². The van der Waals surface area contributed by atoms with Gasteiger partial charge >= 0.3 is 0 Å². The van der Waals surface area contributed by atoms with Gasteiger partial charge in [0.1, 0.15) is 11.0 Å². The molecule has 1 unspecified atom stereocenters. The van der Waals surface area contributed by atoms with E-state index in [9.17, 15) is 9.00 Å². The largest absolute Gasteiger partial charge is 0.300 e. The predicted octanol–water partition coefficient (Wildman–Crippen LogP) is 6.01. The van der Waals surface area contributed by atoms with Crippen LogP contribution in [0.3, 0.4) is 0 Å². The van der Waals surface area contributed by atoms with E-state index in [4.69, 9.17) is 34.8 Å². The topological polar surface area (TPSA) is 46.2 Å².